The van der Waals surface area contributed by atoms with Crippen LogP contribution in [0.5, 0.6) is 0 Å². The van der Waals surface area contributed by atoms with Crippen LogP contribution >= 0.6 is 11.8 Å². The lowest BCUT2D eigenvalue weighted by Gasteiger charge is -2.16. The number of hydrogen-bond acceptors (Lipinski definition) is 4. The van der Waals surface area contributed by atoms with Crippen molar-refractivity contribution in [2.45, 2.75) is 31.2 Å². The molecule has 1 aromatic carbocycles. The van der Waals surface area contributed by atoms with Gasteiger partial charge in [-0.3, -0.25) is 14.5 Å². The van der Waals surface area contributed by atoms with Gasteiger partial charge in [-0.05, 0) is 24.8 Å². The summed E-state index contributed by atoms with van der Waals surface area (Å²) in [4.78, 5) is 26.2. The Bertz CT molecular complexity index is 490. The Labute approximate surface area is 117 Å². The van der Waals surface area contributed by atoms with Crippen LogP contribution < -0.4 is 5.32 Å². The lowest BCUT2D eigenvalue weighted by atomic mass is 10.2. The zero-order valence-corrected chi connectivity index (χ0v) is 12.0. The van der Waals surface area contributed by atoms with E-state index in [0.717, 1.165) is 16.3 Å². The lowest BCUT2D eigenvalue weighted by Crippen LogP contribution is -2.34. The van der Waals surface area contributed by atoms with Crippen LogP contribution in [-0.4, -0.2) is 35.1 Å². The number of likely N-dealkylation sites (N-methyl/N-ethyl adjacent to an activating group) is 1. The van der Waals surface area contributed by atoms with Crippen LogP contribution in [0.15, 0.2) is 29.2 Å². The average Bonchev–Trinajstić information content (AvgIpc) is 2.67. The van der Waals surface area contributed by atoms with Gasteiger partial charge in [0.2, 0.25) is 5.91 Å². The number of carbonyl (C=O) groups excluding carboxylic acids is 2. The number of rotatable bonds is 5. The number of carbonyl (C=O) groups is 2. The SMILES string of the molecule is CCSc1ccccc1NC1CC(=O)N(CC)C1=O. The molecule has 1 saturated heterocycles. The average molecular weight is 278 g/mol. The van der Waals surface area contributed by atoms with Gasteiger partial charge in [-0.1, -0.05) is 19.1 Å². The fourth-order valence-corrected chi connectivity index (χ4v) is 2.95. The summed E-state index contributed by atoms with van der Waals surface area (Å²) in [7, 11) is 0. The standard InChI is InChI=1S/C14H18N2O2S/c1-3-16-13(17)9-11(14(16)18)15-10-7-5-6-8-12(10)19-4-2/h5-8,11,15H,3-4,9H2,1-2H3. The summed E-state index contributed by atoms with van der Waals surface area (Å²) in [5.41, 5.74) is 0.929. The van der Waals surface area contributed by atoms with Crippen molar-refractivity contribution in [1.29, 1.82) is 0 Å². The number of benzene rings is 1. The molecule has 0 radical (unpaired) electrons. The van der Waals surface area contributed by atoms with Crippen molar-refractivity contribution < 1.29 is 9.59 Å². The third kappa shape index (κ3) is 2.92. The van der Waals surface area contributed by atoms with Gasteiger partial charge in [0, 0.05) is 17.1 Å². The van der Waals surface area contributed by atoms with E-state index in [-0.39, 0.29) is 18.2 Å². The molecule has 102 valence electrons. The molecule has 4 nitrogen and oxygen atoms in total. The molecule has 1 N–H and O–H groups in total. The topological polar surface area (TPSA) is 49.4 Å². The third-order valence-corrected chi connectivity index (χ3v) is 4.03. The minimum Gasteiger partial charge on any atom is -0.372 e. The monoisotopic (exact) mass is 278 g/mol. The minimum atomic E-state index is -0.425. The normalized spacial score (nSPS) is 19.1. The molecular weight excluding hydrogens is 260 g/mol. The number of thioether (sulfide) groups is 1. The molecule has 0 bridgehead atoms. The van der Waals surface area contributed by atoms with Gasteiger partial charge >= 0.3 is 0 Å². The predicted octanol–water partition coefficient (Wildman–Crippen LogP) is 2.36. The number of hydrogen-bond donors (Lipinski definition) is 1. The summed E-state index contributed by atoms with van der Waals surface area (Å²) in [6.07, 6.45) is 0.248. The number of nitrogens with one attached hydrogen (secondary N) is 1. The number of para-hydroxylation sites is 1. The van der Waals surface area contributed by atoms with Gasteiger partial charge in [0.1, 0.15) is 6.04 Å². The minimum absolute atomic E-state index is 0.0920. The van der Waals surface area contributed by atoms with Crippen molar-refractivity contribution in [1.82, 2.24) is 4.90 Å². The largest absolute Gasteiger partial charge is 0.372 e. The van der Waals surface area contributed by atoms with Crippen molar-refractivity contribution >= 4 is 29.3 Å². The maximum atomic E-state index is 12.1. The summed E-state index contributed by atoms with van der Waals surface area (Å²) in [5.74, 6) is 0.756. The van der Waals surface area contributed by atoms with E-state index in [9.17, 15) is 9.59 Å². The van der Waals surface area contributed by atoms with Gasteiger partial charge in [0.25, 0.3) is 5.91 Å². The first-order chi connectivity index (χ1) is 9.17. The molecule has 2 rings (SSSR count). The molecule has 0 aliphatic carbocycles. The van der Waals surface area contributed by atoms with E-state index in [0.29, 0.717) is 6.54 Å². The second-order valence-corrected chi connectivity index (χ2v) is 5.61. The molecule has 1 aliphatic rings. The fourth-order valence-electron chi connectivity index (χ4n) is 2.18. The van der Waals surface area contributed by atoms with Crippen molar-refractivity contribution in [3.63, 3.8) is 0 Å². The summed E-state index contributed by atoms with van der Waals surface area (Å²) in [6.45, 7) is 4.35. The van der Waals surface area contributed by atoms with Crippen LogP contribution in [0.25, 0.3) is 0 Å². The third-order valence-electron chi connectivity index (χ3n) is 3.08. The first-order valence-electron chi connectivity index (χ1n) is 6.50. The van der Waals surface area contributed by atoms with E-state index < -0.39 is 6.04 Å². The summed E-state index contributed by atoms with van der Waals surface area (Å²) >= 11 is 1.72. The molecule has 2 amide bonds. The Morgan fingerprint density at radius 1 is 1.32 bits per heavy atom. The first-order valence-corrected chi connectivity index (χ1v) is 7.48. The van der Waals surface area contributed by atoms with Crippen LogP contribution in [0.3, 0.4) is 0 Å². The molecule has 1 heterocycles. The van der Waals surface area contributed by atoms with E-state index in [1.54, 1.807) is 11.8 Å². The molecule has 1 unspecified atom stereocenters. The number of nitrogens with zero attached hydrogens (tertiary/aromatic N) is 1. The van der Waals surface area contributed by atoms with Crippen LogP contribution in [0, 0.1) is 0 Å². The number of amides is 2. The van der Waals surface area contributed by atoms with E-state index in [4.69, 9.17) is 0 Å². The highest BCUT2D eigenvalue weighted by Gasteiger charge is 2.37. The van der Waals surface area contributed by atoms with E-state index in [1.165, 1.54) is 4.90 Å². The van der Waals surface area contributed by atoms with Crippen molar-refractivity contribution in [3.8, 4) is 0 Å². The Hall–Kier alpha value is -1.49. The Kier molecular flexibility index (Phi) is 4.47. The maximum absolute atomic E-state index is 12.1. The molecule has 1 atom stereocenters. The van der Waals surface area contributed by atoms with Gasteiger partial charge in [0.05, 0.1) is 6.42 Å². The molecule has 19 heavy (non-hydrogen) atoms. The van der Waals surface area contributed by atoms with Gasteiger partial charge in [-0.25, -0.2) is 0 Å². The van der Waals surface area contributed by atoms with Gasteiger partial charge < -0.3 is 5.32 Å². The van der Waals surface area contributed by atoms with Gasteiger partial charge in [-0.2, -0.15) is 0 Å². The summed E-state index contributed by atoms with van der Waals surface area (Å²) < 4.78 is 0. The van der Waals surface area contributed by atoms with E-state index in [2.05, 4.69) is 12.2 Å². The van der Waals surface area contributed by atoms with E-state index >= 15 is 0 Å². The number of imide groups is 1. The van der Waals surface area contributed by atoms with Crippen molar-refractivity contribution in [2.75, 3.05) is 17.6 Å². The number of anilines is 1. The first kappa shape index (κ1) is 13.9. The molecule has 1 fully saturated rings. The molecular formula is C14H18N2O2S. The zero-order chi connectivity index (χ0) is 13.8. The van der Waals surface area contributed by atoms with Crippen molar-refractivity contribution in [2.24, 2.45) is 0 Å². The highest BCUT2D eigenvalue weighted by molar-refractivity contribution is 7.99. The Morgan fingerprint density at radius 2 is 2.05 bits per heavy atom. The molecule has 1 aliphatic heterocycles. The highest BCUT2D eigenvalue weighted by Crippen LogP contribution is 2.28. The Morgan fingerprint density at radius 3 is 2.68 bits per heavy atom. The number of likely N-dealkylation sites (tertiary alicyclic amines) is 1. The summed E-state index contributed by atoms with van der Waals surface area (Å²) in [5, 5.41) is 3.21. The van der Waals surface area contributed by atoms with Gasteiger partial charge in [0.15, 0.2) is 0 Å². The molecule has 5 heteroatoms. The zero-order valence-electron chi connectivity index (χ0n) is 11.2. The molecule has 0 spiro atoms. The van der Waals surface area contributed by atoms with Crippen LogP contribution in [-0.2, 0) is 9.59 Å². The van der Waals surface area contributed by atoms with Crippen molar-refractivity contribution in [3.05, 3.63) is 24.3 Å². The maximum Gasteiger partial charge on any atom is 0.252 e. The van der Waals surface area contributed by atoms with Crippen LogP contribution in [0.2, 0.25) is 0 Å². The summed E-state index contributed by atoms with van der Waals surface area (Å²) in [6, 6.07) is 7.45. The smallest absolute Gasteiger partial charge is 0.252 e. The van der Waals surface area contributed by atoms with Crippen LogP contribution in [0.4, 0.5) is 5.69 Å². The van der Waals surface area contributed by atoms with Gasteiger partial charge in [-0.15, -0.1) is 11.8 Å². The molecule has 0 saturated carbocycles. The lowest BCUT2D eigenvalue weighted by molar-refractivity contribution is -0.138. The highest BCUT2D eigenvalue weighted by atomic mass is 32.2. The molecule has 1 aromatic rings. The second-order valence-electron chi connectivity index (χ2n) is 4.31. The fraction of sp³-hybridized carbons (Fsp3) is 0.429. The molecule has 0 aromatic heterocycles. The van der Waals surface area contributed by atoms with Crippen LogP contribution in [0.1, 0.15) is 20.3 Å². The quantitative estimate of drug-likeness (QED) is 0.663. The van der Waals surface area contributed by atoms with E-state index in [1.807, 2.05) is 31.2 Å². The second kappa shape index (κ2) is 6.10. The predicted molar refractivity (Wildman–Crippen MR) is 77.3 cm³/mol. The Balaban J connectivity index is 2.14.